The fourth-order valence-corrected chi connectivity index (χ4v) is 10.6. The number of aryl methyl sites for hydroxylation is 1. The van der Waals surface area contributed by atoms with E-state index in [1.807, 2.05) is 19.9 Å². The molecule has 18 heteroatoms. The second-order valence-electron chi connectivity index (χ2n) is 18.1. The summed E-state index contributed by atoms with van der Waals surface area (Å²) in [6.45, 7) is 16.8. The average molecular weight is 941 g/mol. The first-order valence-corrected chi connectivity index (χ1v) is 24.8. The zero-order chi connectivity index (χ0) is 46.9. The molecule has 3 aromatic carbocycles. The molecule has 4 aliphatic heterocycles. The molecule has 4 amide bonds. The first kappa shape index (κ1) is 46.9. The number of carbonyl (C=O) groups excluding carboxylic acids is 4. The number of likely N-dealkylation sites (tertiary alicyclic amines) is 1. The third-order valence-corrected chi connectivity index (χ3v) is 15.4. The van der Waals surface area contributed by atoms with Crippen LogP contribution < -0.4 is 25.6 Å². The van der Waals surface area contributed by atoms with Crippen LogP contribution in [0.5, 0.6) is 5.75 Å². The molecule has 5 heterocycles. The topological polar surface area (TPSA) is 186 Å². The molecule has 3 fully saturated rings. The number of halogens is 1. The highest BCUT2D eigenvalue weighted by Crippen LogP contribution is 2.39. The summed E-state index contributed by atoms with van der Waals surface area (Å²) in [5.41, 5.74) is 4.98. The minimum atomic E-state index is -3.58. The number of sulfone groups is 1. The van der Waals surface area contributed by atoms with Gasteiger partial charge in [-0.15, -0.1) is 0 Å². The van der Waals surface area contributed by atoms with Crippen LogP contribution in [0.15, 0.2) is 65.7 Å². The maximum atomic E-state index is 13.4. The molecule has 0 bridgehead atoms. The Morgan fingerprint density at radius 1 is 0.833 bits per heavy atom. The van der Waals surface area contributed by atoms with E-state index in [0.29, 0.717) is 28.5 Å². The highest BCUT2D eigenvalue weighted by Gasteiger charge is 2.45. The first-order valence-electron chi connectivity index (χ1n) is 22.8. The second-order valence-corrected chi connectivity index (χ2v) is 21.0. The number of aromatic nitrogens is 2. The first-order chi connectivity index (χ1) is 31.6. The molecule has 0 aliphatic carbocycles. The highest BCUT2D eigenvalue weighted by molar-refractivity contribution is 7.92. The molecule has 1 atom stereocenters. The van der Waals surface area contributed by atoms with E-state index in [1.54, 1.807) is 50.2 Å². The van der Waals surface area contributed by atoms with Crippen molar-refractivity contribution in [2.75, 3.05) is 67.9 Å². The lowest BCUT2D eigenvalue weighted by Crippen LogP contribution is -2.54. The summed E-state index contributed by atoms with van der Waals surface area (Å²) in [6.07, 6.45) is 4.76. The van der Waals surface area contributed by atoms with Crippen LogP contribution in [-0.2, 0) is 19.4 Å². The smallest absolute Gasteiger partial charge is 0.262 e. The van der Waals surface area contributed by atoms with Gasteiger partial charge in [0.15, 0.2) is 15.7 Å². The largest absolute Gasteiger partial charge is 0.489 e. The van der Waals surface area contributed by atoms with E-state index in [2.05, 4.69) is 59.7 Å². The van der Waals surface area contributed by atoms with Gasteiger partial charge in [-0.25, -0.2) is 13.4 Å². The molecular formula is C48H58ClN9O7S. The van der Waals surface area contributed by atoms with Gasteiger partial charge in [0.05, 0.1) is 44.9 Å². The summed E-state index contributed by atoms with van der Waals surface area (Å²) >= 11 is 6.53. The molecule has 66 heavy (non-hydrogen) atoms. The molecule has 1 aromatic heterocycles. The van der Waals surface area contributed by atoms with Gasteiger partial charge in [0, 0.05) is 38.3 Å². The molecule has 4 aromatic rings. The highest BCUT2D eigenvalue weighted by atomic mass is 35.5. The van der Waals surface area contributed by atoms with Gasteiger partial charge in [0.2, 0.25) is 17.8 Å². The monoisotopic (exact) mass is 939 g/mol. The summed E-state index contributed by atoms with van der Waals surface area (Å²) in [7, 11) is -3.58. The van der Waals surface area contributed by atoms with Crippen molar-refractivity contribution in [2.24, 2.45) is 0 Å². The number of ether oxygens (including phenoxy) is 1. The number of nitrogens with one attached hydrogen (secondary N) is 3. The van der Waals surface area contributed by atoms with E-state index >= 15 is 0 Å². The maximum Gasteiger partial charge on any atom is 0.262 e. The fourth-order valence-electron chi connectivity index (χ4n) is 9.30. The van der Waals surface area contributed by atoms with Crippen LogP contribution in [0.1, 0.15) is 97.6 Å². The predicted octanol–water partition coefficient (Wildman–Crippen LogP) is 6.69. The molecule has 350 valence electrons. The SMILES string of the molecule is Cc1cc(Nc2ncc(Cl)c(Nc3ccccc3S(=O)(=O)C(C)C)n2)c(OC(C)C)cc1C1CCN(CCCN2CCN(c3ccc4c(c3)C(=O)N(C3CCC(=O)NC3=O)C4=O)CC2)CC1. The summed E-state index contributed by atoms with van der Waals surface area (Å²) < 4.78 is 32.6. The zero-order valence-corrected chi connectivity index (χ0v) is 39.7. The van der Waals surface area contributed by atoms with Crippen molar-refractivity contribution in [3.8, 4) is 5.75 Å². The Morgan fingerprint density at radius 3 is 2.23 bits per heavy atom. The number of benzene rings is 3. The minimum absolute atomic E-state index is 0.0784. The molecule has 16 nitrogen and oxygen atoms in total. The Morgan fingerprint density at radius 2 is 1.53 bits per heavy atom. The van der Waals surface area contributed by atoms with Crippen LogP contribution in [0.4, 0.5) is 28.8 Å². The van der Waals surface area contributed by atoms with Gasteiger partial charge in [-0.1, -0.05) is 23.7 Å². The molecule has 4 aliphatic rings. The number of piperazine rings is 1. The molecule has 0 spiro atoms. The van der Waals surface area contributed by atoms with Gasteiger partial charge in [-0.05, 0) is 146 Å². The number of nitrogens with zero attached hydrogens (tertiary/aromatic N) is 6. The van der Waals surface area contributed by atoms with Gasteiger partial charge in [0.1, 0.15) is 16.8 Å². The Kier molecular flexibility index (Phi) is 14.0. The van der Waals surface area contributed by atoms with Crippen LogP contribution in [0.25, 0.3) is 0 Å². The number of imide groups is 2. The number of rotatable bonds is 15. The third-order valence-electron chi connectivity index (χ3n) is 12.9. The second kappa shape index (κ2) is 19.7. The Bertz CT molecular complexity index is 2630. The van der Waals surface area contributed by atoms with Gasteiger partial charge in [-0.2, -0.15) is 4.98 Å². The number of amides is 4. The van der Waals surface area contributed by atoms with Crippen LogP contribution in [0.3, 0.4) is 0 Å². The molecule has 8 rings (SSSR count). The van der Waals surface area contributed by atoms with E-state index in [0.717, 1.165) is 93.5 Å². The summed E-state index contributed by atoms with van der Waals surface area (Å²) in [4.78, 5) is 68.2. The van der Waals surface area contributed by atoms with Gasteiger partial charge in [-0.3, -0.25) is 34.3 Å². The van der Waals surface area contributed by atoms with Crippen molar-refractivity contribution in [2.45, 2.75) is 94.9 Å². The number of fused-ring (bicyclic) bond motifs is 1. The fraction of sp³-hybridized carbons (Fsp3) is 0.458. The van der Waals surface area contributed by atoms with Crippen molar-refractivity contribution in [3.63, 3.8) is 0 Å². The van der Waals surface area contributed by atoms with E-state index in [9.17, 15) is 27.6 Å². The lowest BCUT2D eigenvalue weighted by Gasteiger charge is -2.37. The van der Waals surface area contributed by atoms with Crippen molar-refractivity contribution in [1.29, 1.82) is 0 Å². The standard InChI is InChI=1S/C48H58ClN9O7S/c1-29(2)65-41-27-35(31(5)25-39(41)52-48-50-28-37(49)44(54-48)51-38-9-6-7-10-42(38)66(63,64)30(3)4)32-15-19-55(20-16-32)17-8-18-56-21-23-57(24-22-56)33-11-12-34-36(26-33)47(62)58(46(34)61)40-13-14-43(59)53-45(40)60/h6-7,9-12,25-30,32,40H,8,13-24H2,1-5H3,(H,53,59,60)(H2,50,51,52,54). The third kappa shape index (κ3) is 10.0. The zero-order valence-electron chi connectivity index (χ0n) is 38.1. The Balaban J connectivity index is 0.827. The van der Waals surface area contributed by atoms with E-state index < -0.39 is 44.8 Å². The quantitative estimate of drug-likeness (QED) is 0.107. The van der Waals surface area contributed by atoms with Crippen LogP contribution in [0, 0.1) is 6.92 Å². The van der Waals surface area contributed by atoms with Gasteiger partial charge < -0.3 is 25.2 Å². The number of hydrogen-bond donors (Lipinski definition) is 3. The van der Waals surface area contributed by atoms with Gasteiger partial charge >= 0.3 is 0 Å². The Hall–Kier alpha value is -5.62. The Labute approximate surface area is 391 Å². The van der Waals surface area contributed by atoms with E-state index in [4.69, 9.17) is 16.3 Å². The van der Waals surface area contributed by atoms with Crippen LogP contribution in [-0.4, -0.2) is 126 Å². The summed E-state index contributed by atoms with van der Waals surface area (Å²) in [5, 5.41) is 8.34. The lowest BCUT2D eigenvalue weighted by atomic mass is 9.86. The normalized spacial score (nSPS) is 18.9. The van der Waals surface area contributed by atoms with Crippen LogP contribution >= 0.6 is 11.6 Å². The van der Waals surface area contributed by atoms with Crippen molar-refractivity contribution >= 4 is 73.9 Å². The molecule has 3 saturated heterocycles. The summed E-state index contributed by atoms with van der Waals surface area (Å²) in [5.74, 6) is -0.355. The van der Waals surface area contributed by atoms with Crippen LogP contribution in [0.2, 0.25) is 5.02 Å². The molecule has 1 unspecified atom stereocenters. The predicted molar refractivity (Wildman–Crippen MR) is 254 cm³/mol. The number of hydrogen-bond acceptors (Lipinski definition) is 14. The maximum absolute atomic E-state index is 13.4. The average Bonchev–Trinajstić information content (AvgIpc) is 3.53. The van der Waals surface area contributed by atoms with E-state index in [1.165, 1.54) is 11.8 Å². The molecule has 3 N–H and O–H groups in total. The van der Waals surface area contributed by atoms with Crippen molar-refractivity contribution in [3.05, 3.63) is 88.1 Å². The lowest BCUT2D eigenvalue weighted by molar-refractivity contribution is -0.136. The summed E-state index contributed by atoms with van der Waals surface area (Å²) in [6, 6.07) is 15.3. The van der Waals surface area contributed by atoms with E-state index in [-0.39, 0.29) is 40.6 Å². The minimum Gasteiger partial charge on any atom is -0.489 e. The number of carbonyl (C=O) groups is 4. The molecular weight excluding hydrogens is 882 g/mol. The molecule has 0 saturated carbocycles. The number of piperidine rings is 2. The van der Waals surface area contributed by atoms with Crippen molar-refractivity contribution in [1.82, 2.24) is 30.0 Å². The number of para-hydroxylation sites is 1. The molecule has 0 radical (unpaired) electrons. The van der Waals surface area contributed by atoms with Crippen molar-refractivity contribution < 1.29 is 32.3 Å². The van der Waals surface area contributed by atoms with Gasteiger partial charge in [0.25, 0.3) is 11.8 Å². The number of anilines is 5.